The Hall–Kier alpha value is -2.94. The van der Waals surface area contributed by atoms with Gasteiger partial charge in [-0.15, -0.1) is 0 Å². The molecular weight excluding hydrogens is 408 g/mol. The third-order valence-electron chi connectivity index (χ3n) is 4.71. The maximum Gasteiger partial charge on any atom is 0.261 e. The minimum absolute atomic E-state index is 0.253. The molecule has 1 aliphatic rings. The Labute approximate surface area is 176 Å². The predicted molar refractivity (Wildman–Crippen MR) is 114 cm³/mol. The molecule has 162 valence electrons. The second-order valence-corrected chi connectivity index (χ2v) is 9.00. The molecule has 1 aliphatic heterocycles. The molecule has 1 N–H and O–H groups in total. The van der Waals surface area contributed by atoms with Crippen molar-refractivity contribution in [3.05, 3.63) is 48.5 Å². The third kappa shape index (κ3) is 5.35. The lowest BCUT2D eigenvalue weighted by atomic mass is 10.2. The molecule has 2 atom stereocenters. The molecule has 8 nitrogen and oxygen atoms in total. The molecule has 0 bridgehead atoms. The number of hydrogen-bond acceptors (Lipinski definition) is 6. The normalized spacial score (nSPS) is 16.4. The summed E-state index contributed by atoms with van der Waals surface area (Å²) in [5, 5.41) is 2.85. The molecule has 1 amide bonds. The first kappa shape index (κ1) is 21.8. The topological polar surface area (TPSA) is 94.2 Å². The highest BCUT2D eigenvalue weighted by Crippen LogP contribution is 2.30. The van der Waals surface area contributed by atoms with Crippen molar-refractivity contribution in [3.8, 4) is 17.2 Å². The lowest BCUT2D eigenvalue weighted by Gasteiger charge is -2.27. The van der Waals surface area contributed by atoms with Crippen molar-refractivity contribution in [2.45, 2.75) is 25.6 Å². The van der Waals surface area contributed by atoms with Crippen LogP contribution in [0.1, 0.15) is 13.3 Å². The first-order chi connectivity index (χ1) is 14.3. The van der Waals surface area contributed by atoms with Gasteiger partial charge >= 0.3 is 0 Å². The number of amides is 1. The molecule has 2 aromatic rings. The smallest absolute Gasteiger partial charge is 0.261 e. The lowest BCUT2D eigenvalue weighted by Crippen LogP contribution is -2.45. The molecule has 0 spiro atoms. The van der Waals surface area contributed by atoms with Gasteiger partial charge in [-0.3, -0.25) is 9.10 Å². The monoisotopic (exact) mass is 434 g/mol. The summed E-state index contributed by atoms with van der Waals surface area (Å²) in [4.78, 5) is 12.6. The Morgan fingerprint density at radius 3 is 2.50 bits per heavy atom. The fourth-order valence-electron chi connectivity index (χ4n) is 2.90. The van der Waals surface area contributed by atoms with Gasteiger partial charge in [-0.2, -0.15) is 0 Å². The van der Waals surface area contributed by atoms with Gasteiger partial charge in [-0.05, 0) is 42.8 Å². The molecule has 2 aromatic carbocycles. The summed E-state index contributed by atoms with van der Waals surface area (Å²) >= 11 is 0. The standard InChI is InChI=1S/C21H26N2O6S/c1-4-18(28-16-11-9-15(10-12-16)23(2)30(3,25)26)21(24)22-13-17-14-27-19-7-5-6-8-20(19)29-17/h5-12,17-18H,4,13-14H2,1-3H3,(H,22,24)/t17-,18+/m1/s1. The molecule has 0 fully saturated rings. The minimum atomic E-state index is -3.34. The highest BCUT2D eigenvalue weighted by atomic mass is 32.2. The van der Waals surface area contributed by atoms with E-state index in [0.29, 0.717) is 42.5 Å². The number of benzene rings is 2. The van der Waals surface area contributed by atoms with E-state index < -0.39 is 16.1 Å². The first-order valence-corrected chi connectivity index (χ1v) is 11.5. The molecule has 1 heterocycles. The lowest BCUT2D eigenvalue weighted by molar-refractivity contribution is -0.128. The summed E-state index contributed by atoms with van der Waals surface area (Å²) in [7, 11) is -1.87. The fourth-order valence-corrected chi connectivity index (χ4v) is 3.41. The SMILES string of the molecule is CC[C@H](Oc1ccc(N(C)S(C)(=O)=O)cc1)C(=O)NC[C@@H]1COc2ccccc2O1. The Bertz CT molecular complexity index is 977. The number of rotatable bonds is 8. The minimum Gasteiger partial charge on any atom is -0.486 e. The zero-order valence-electron chi connectivity index (χ0n) is 17.2. The molecule has 0 saturated heterocycles. The Morgan fingerprint density at radius 2 is 1.87 bits per heavy atom. The Balaban J connectivity index is 1.54. The van der Waals surface area contributed by atoms with Crippen LogP contribution in [0.5, 0.6) is 17.2 Å². The number of fused-ring (bicyclic) bond motifs is 1. The summed E-state index contributed by atoms with van der Waals surface area (Å²) in [5.74, 6) is 1.58. The van der Waals surface area contributed by atoms with E-state index >= 15 is 0 Å². The fraction of sp³-hybridized carbons (Fsp3) is 0.381. The van der Waals surface area contributed by atoms with Crippen molar-refractivity contribution in [2.24, 2.45) is 0 Å². The summed E-state index contributed by atoms with van der Waals surface area (Å²) in [6.07, 6.45) is 0.642. The van der Waals surface area contributed by atoms with Crippen LogP contribution in [0.3, 0.4) is 0 Å². The summed E-state index contributed by atoms with van der Waals surface area (Å²) < 4.78 is 41.7. The van der Waals surface area contributed by atoms with Gasteiger partial charge in [-0.1, -0.05) is 19.1 Å². The van der Waals surface area contributed by atoms with E-state index in [1.807, 2.05) is 31.2 Å². The van der Waals surface area contributed by atoms with E-state index in [1.165, 1.54) is 11.4 Å². The zero-order valence-corrected chi connectivity index (χ0v) is 18.0. The van der Waals surface area contributed by atoms with E-state index in [1.54, 1.807) is 24.3 Å². The Morgan fingerprint density at radius 1 is 1.20 bits per heavy atom. The van der Waals surface area contributed by atoms with E-state index in [4.69, 9.17) is 14.2 Å². The molecule has 9 heteroatoms. The van der Waals surface area contributed by atoms with Crippen LogP contribution in [0.2, 0.25) is 0 Å². The first-order valence-electron chi connectivity index (χ1n) is 9.64. The van der Waals surface area contributed by atoms with Crippen molar-refractivity contribution >= 4 is 21.6 Å². The summed E-state index contributed by atoms with van der Waals surface area (Å²) in [6.45, 7) is 2.50. The van der Waals surface area contributed by atoms with Crippen LogP contribution in [0.15, 0.2) is 48.5 Å². The van der Waals surface area contributed by atoms with Gasteiger partial charge in [0.05, 0.1) is 18.5 Å². The molecule has 0 aromatic heterocycles. The number of hydrogen-bond donors (Lipinski definition) is 1. The molecule has 0 saturated carbocycles. The van der Waals surface area contributed by atoms with Gasteiger partial charge in [0, 0.05) is 7.05 Å². The highest BCUT2D eigenvalue weighted by molar-refractivity contribution is 7.92. The van der Waals surface area contributed by atoms with Gasteiger partial charge in [0.25, 0.3) is 5.91 Å². The van der Waals surface area contributed by atoms with Crippen molar-refractivity contribution in [1.82, 2.24) is 5.32 Å². The van der Waals surface area contributed by atoms with Crippen LogP contribution < -0.4 is 23.8 Å². The zero-order chi connectivity index (χ0) is 21.7. The molecule has 3 rings (SSSR count). The number of ether oxygens (including phenoxy) is 3. The van der Waals surface area contributed by atoms with E-state index in [2.05, 4.69) is 5.32 Å². The van der Waals surface area contributed by atoms with E-state index in [-0.39, 0.29) is 12.0 Å². The van der Waals surface area contributed by atoms with Crippen LogP contribution in [0.25, 0.3) is 0 Å². The second-order valence-electron chi connectivity index (χ2n) is 6.98. The maximum absolute atomic E-state index is 12.6. The molecule has 0 radical (unpaired) electrons. The van der Waals surface area contributed by atoms with Crippen molar-refractivity contribution < 1.29 is 27.4 Å². The Kier molecular flexibility index (Phi) is 6.71. The largest absolute Gasteiger partial charge is 0.486 e. The number of nitrogens with one attached hydrogen (secondary N) is 1. The van der Waals surface area contributed by atoms with Gasteiger partial charge < -0.3 is 19.5 Å². The molecular formula is C21H26N2O6S. The van der Waals surface area contributed by atoms with Crippen LogP contribution in [-0.2, 0) is 14.8 Å². The van der Waals surface area contributed by atoms with Crippen LogP contribution in [-0.4, -0.2) is 53.0 Å². The van der Waals surface area contributed by atoms with Crippen molar-refractivity contribution in [1.29, 1.82) is 0 Å². The van der Waals surface area contributed by atoms with Crippen LogP contribution in [0, 0.1) is 0 Å². The molecule has 0 unspecified atom stereocenters. The number of anilines is 1. The average Bonchev–Trinajstić information content (AvgIpc) is 2.75. The van der Waals surface area contributed by atoms with E-state index in [9.17, 15) is 13.2 Å². The second kappa shape index (κ2) is 9.25. The quantitative estimate of drug-likeness (QED) is 0.685. The number of sulfonamides is 1. The summed E-state index contributed by atoms with van der Waals surface area (Å²) in [5.41, 5.74) is 0.511. The van der Waals surface area contributed by atoms with Gasteiger partial charge in [-0.25, -0.2) is 8.42 Å². The highest BCUT2D eigenvalue weighted by Gasteiger charge is 2.24. The van der Waals surface area contributed by atoms with Gasteiger partial charge in [0.2, 0.25) is 10.0 Å². The van der Waals surface area contributed by atoms with Crippen molar-refractivity contribution in [3.63, 3.8) is 0 Å². The van der Waals surface area contributed by atoms with Crippen molar-refractivity contribution in [2.75, 3.05) is 30.8 Å². The number of carbonyl (C=O) groups is 1. The number of carbonyl (C=O) groups excluding carboxylic acids is 1. The summed E-state index contributed by atoms with van der Waals surface area (Å²) in [6, 6.07) is 13.9. The van der Waals surface area contributed by atoms with Gasteiger partial charge in [0.1, 0.15) is 18.5 Å². The third-order valence-corrected chi connectivity index (χ3v) is 5.92. The van der Waals surface area contributed by atoms with Crippen LogP contribution in [0.4, 0.5) is 5.69 Å². The number of para-hydroxylation sites is 2. The van der Waals surface area contributed by atoms with Gasteiger partial charge in [0.15, 0.2) is 17.6 Å². The van der Waals surface area contributed by atoms with E-state index in [0.717, 1.165) is 6.26 Å². The maximum atomic E-state index is 12.6. The number of nitrogens with zero attached hydrogens (tertiary/aromatic N) is 1. The average molecular weight is 435 g/mol. The molecule has 0 aliphatic carbocycles. The predicted octanol–water partition coefficient (Wildman–Crippen LogP) is 2.20. The molecule has 30 heavy (non-hydrogen) atoms. The van der Waals surface area contributed by atoms with Crippen LogP contribution >= 0.6 is 0 Å².